The summed E-state index contributed by atoms with van der Waals surface area (Å²) in [4.78, 5) is 8.39. The summed E-state index contributed by atoms with van der Waals surface area (Å²) in [6.07, 6.45) is 4.34. The van der Waals surface area contributed by atoms with Gasteiger partial charge in [-0.05, 0) is 13.0 Å². The lowest BCUT2D eigenvalue weighted by Gasteiger charge is -2.02. The van der Waals surface area contributed by atoms with Gasteiger partial charge in [0.1, 0.15) is 6.33 Å². The van der Waals surface area contributed by atoms with Gasteiger partial charge < -0.3 is 5.11 Å². The van der Waals surface area contributed by atoms with E-state index in [0.29, 0.717) is 11.5 Å². The quantitative estimate of drug-likeness (QED) is 0.768. The standard InChI is InChI=1S/C11H12N6O.C2H6/c1-7(18)9-3-4-17(15-9)11-8-5-14-16(2)10(8)12-6-13-11;1-2/h3-7,18H,1-2H3;1-2H3. The summed E-state index contributed by atoms with van der Waals surface area (Å²) in [7, 11) is 1.82. The molecule has 0 aliphatic heterocycles. The Balaban J connectivity index is 0.000000704. The lowest BCUT2D eigenvalue weighted by Crippen LogP contribution is -2.02. The summed E-state index contributed by atoms with van der Waals surface area (Å²) in [5.74, 6) is 0.653. The molecule has 0 radical (unpaired) electrons. The number of nitrogens with zero attached hydrogens (tertiary/aromatic N) is 6. The van der Waals surface area contributed by atoms with Crippen molar-refractivity contribution in [1.29, 1.82) is 0 Å². The summed E-state index contributed by atoms with van der Waals surface area (Å²) in [5.41, 5.74) is 1.35. The molecule has 0 spiro atoms. The molecule has 3 heterocycles. The minimum atomic E-state index is -0.600. The SMILES string of the molecule is CC.CC(O)c1ccn(-c2ncnc3c2cnn3C)n1. The molecule has 1 N–H and O–H groups in total. The number of fused-ring (bicyclic) bond motifs is 1. The van der Waals surface area contributed by atoms with Crippen LogP contribution in [0, 0.1) is 0 Å². The van der Waals surface area contributed by atoms with Crippen LogP contribution in [0.2, 0.25) is 0 Å². The van der Waals surface area contributed by atoms with Crippen LogP contribution in [-0.4, -0.2) is 34.6 Å². The Labute approximate surface area is 116 Å². The predicted molar refractivity (Wildman–Crippen MR) is 75.4 cm³/mol. The largest absolute Gasteiger partial charge is 0.387 e. The molecule has 0 fully saturated rings. The number of hydrogen-bond acceptors (Lipinski definition) is 5. The zero-order valence-electron chi connectivity index (χ0n) is 12.0. The first kappa shape index (κ1) is 14.1. The van der Waals surface area contributed by atoms with Gasteiger partial charge in [0.15, 0.2) is 11.5 Å². The van der Waals surface area contributed by atoms with Gasteiger partial charge in [0.05, 0.1) is 23.4 Å². The molecule has 0 saturated carbocycles. The fourth-order valence-electron chi connectivity index (χ4n) is 1.81. The highest BCUT2D eigenvalue weighted by molar-refractivity contribution is 5.81. The molecule has 0 aromatic carbocycles. The highest BCUT2D eigenvalue weighted by Crippen LogP contribution is 2.18. The maximum atomic E-state index is 9.48. The van der Waals surface area contributed by atoms with Crippen LogP contribution >= 0.6 is 0 Å². The van der Waals surface area contributed by atoms with E-state index in [2.05, 4.69) is 20.2 Å². The molecule has 7 nitrogen and oxygen atoms in total. The molecule has 1 atom stereocenters. The Morgan fingerprint density at radius 1 is 1.25 bits per heavy atom. The first-order chi connectivity index (χ1) is 9.66. The molecule has 3 rings (SSSR count). The first-order valence-electron chi connectivity index (χ1n) is 6.53. The van der Waals surface area contributed by atoms with Crippen LogP contribution in [0.5, 0.6) is 0 Å². The minimum absolute atomic E-state index is 0.600. The van der Waals surface area contributed by atoms with Crippen LogP contribution in [-0.2, 0) is 7.05 Å². The van der Waals surface area contributed by atoms with Crippen LogP contribution in [0.15, 0.2) is 24.8 Å². The molecule has 0 aliphatic carbocycles. The Kier molecular flexibility index (Phi) is 4.09. The van der Waals surface area contributed by atoms with Gasteiger partial charge in [-0.1, -0.05) is 13.8 Å². The number of rotatable bonds is 2. The Hall–Kier alpha value is -2.28. The maximum Gasteiger partial charge on any atom is 0.167 e. The molecule has 0 bridgehead atoms. The molecule has 106 valence electrons. The number of aromatic nitrogens is 6. The van der Waals surface area contributed by atoms with E-state index in [-0.39, 0.29) is 0 Å². The highest BCUT2D eigenvalue weighted by atomic mass is 16.3. The van der Waals surface area contributed by atoms with Crippen LogP contribution in [0.4, 0.5) is 0 Å². The molecule has 7 heteroatoms. The second-order valence-electron chi connectivity index (χ2n) is 4.06. The van der Waals surface area contributed by atoms with Crippen LogP contribution in [0.25, 0.3) is 16.9 Å². The number of aryl methyl sites for hydroxylation is 1. The summed E-state index contributed by atoms with van der Waals surface area (Å²) in [6, 6.07) is 1.76. The average molecular weight is 274 g/mol. The van der Waals surface area contributed by atoms with Crippen molar-refractivity contribution >= 4 is 11.0 Å². The third-order valence-corrected chi connectivity index (χ3v) is 2.76. The topological polar surface area (TPSA) is 81.6 Å². The van der Waals surface area contributed by atoms with E-state index < -0.39 is 6.10 Å². The second kappa shape index (κ2) is 5.79. The lowest BCUT2D eigenvalue weighted by molar-refractivity contribution is 0.193. The molecule has 20 heavy (non-hydrogen) atoms. The van der Waals surface area contributed by atoms with Crippen molar-refractivity contribution in [3.05, 3.63) is 30.5 Å². The third kappa shape index (κ3) is 2.39. The van der Waals surface area contributed by atoms with Gasteiger partial charge in [-0.15, -0.1) is 0 Å². The Bertz CT molecular complexity index is 700. The van der Waals surface area contributed by atoms with E-state index in [9.17, 15) is 5.11 Å². The van der Waals surface area contributed by atoms with Gasteiger partial charge in [-0.2, -0.15) is 10.2 Å². The van der Waals surface area contributed by atoms with E-state index in [0.717, 1.165) is 11.0 Å². The Morgan fingerprint density at radius 3 is 2.65 bits per heavy atom. The predicted octanol–water partition coefficient (Wildman–Crippen LogP) is 1.63. The van der Waals surface area contributed by atoms with Crippen molar-refractivity contribution in [3.8, 4) is 5.82 Å². The highest BCUT2D eigenvalue weighted by Gasteiger charge is 2.12. The van der Waals surface area contributed by atoms with E-state index in [4.69, 9.17) is 0 Å². The fourth-order valence-corrected chi connectivity index (χ4v) is 1.81. The smallest absolute Gasteiger partial charge is 0.167 e. The maximum absolute atomic E-state index is 9.48. The van der Waals surface area contributed by atoms with Gasteiger partial charge in [0.2, 0.25) is 0 Å². The molecule has 0 aliphatic rings. The second-order valence-corrected chi connectivity index (χ2v) is 4.06. The Morgan fingerprint density at radius 2 is 2.00 bits per heavy atom. The molecular weight excluding hydrogens is 256 g/mol. The third-order valence-electron chi connectivity index (χ3n) is 2.76. The van der Waals surface area contributed by atoms with Crippen molar-refractivity contribution in [1.82, 2.24) is 29.5 Å². The molecule has 3 aromatic heterocycles. The van der Waals surface area contributed by atoms with E-state index in [1.165, 1.54) is 6.33 Å². The van der Waals surface area contributed by atoms with Crippen LogP contribution < -0.4 is 0 Å². The minimum Gasteiger partial charge on any atom is -0.387 e. The fraction of sp³-hybridized carbons (Fsp3) is 0.385. The van der Waals surface area contributed by atoms with Gasteiger partial charge in [0, 0.05) is 13.2 Å². The molecule has 1 unspecified atom stereocenters. The zero-order chi connectivity index (χ0) is 14.7. The molecule has 0 saturated heterocycles. The normalized spacial score (nSPS) is 12.1. The van der Waals surface area contributed by atoms with Crippen molar-refractivity contribution in [3.63, 3.8) is 0 Å². The average Bonchev–Trinajstić information content (AvgIpc) is 3.09. The van der Waals surface area contributed by atoms with E-state index >= 15 is 0 Å². The number of hydrogen-bond donors (Lipinski definition) is 1. The summed E-state index contributed by atoms with van der Waals surface area (Å²) in [6.45, 7) is 5.67. The van der Waals surface area contributed by atoms with Gasteiger partial charge in [0.25, 0.3) is 0 Å². The molecular formula is C13H18N6O. The van der Waals surface area contributed by atoms with Gasteiger partial charge in [-0.25, -0.2) is 14.6 Å². The van der Waals surface area contributed by atoms with Gasteiger partial charge in [-0.3, -0.25) is 4.68 Å². The summed E-state index contributed by atoms with van der Waals surface area (Å²) >= 11 is 0. The first-order valence-corrected chi connectivity index (χ1v) is 6.53. The van der Waals surface area contributed by atoms with Crippen molar-refractivity contribution in [2.24, 2.45) is 7.05 Å². The van der Waals surface area contributed by atoms with Gasteiger partial charge >= 0.3 is 0 Å². The van der Waals surface area contributed by atoms with Crippen LogP contribution in [0.3, 0.4) is 0 Å². The van der Waals surface area contributed by atoms with E-state index in [1.54, 1.807) is 34.7 Å². The molecule has 3 aromatic rings. The zero-order valence-corrected chi connectivity index (χ0v) is 12.0. The number of aliphatic hydroxyl groups excluding tert-OH is 1. The van der Waals surface area contributed by atoms with Crippen LogP contribution in [0.1, 0.15) is 32.6 Å². The lowest BCUT2D eigenvalue weighted by atomic mass is 10.3. The summed E-state index contributed by atoms with van der Waals surface area (Å²) < 4.78 is 3.30. The molecule has 0 amide bonds. The van der Waals surface area contributed by atoms with Crippen molar-refractivity contribution in [2.75, 3.05) is 0 Å². The van der Waals surface area contributed by atoms with Crippen molar-refractivity contribution < 1.29 is 5.11 Å². The number of aliphatic hydroxyl groups is 1. The van der Waals surface area contributed by atoms with Crippen molar-refractivity contribution in [2.45, 2.75) is 26.9 Å². The monoisotopic (exact) mass is 274 g/mol. The van der Waals surface area contributed by atoms with E-state index in [1.807, 2.05) is 20.9 Å². The summed E-state index contributed by atoms with van der Waals surface area (Å²) in [5, 5.41) is 18.7.